The number of aromatic nitrogens is 2. The van der Waals surface area contributed by atoms with E-state index in [-0.39, 0.29) is 5.91 Å². The van der Waals surface area contributed by atoms with Crippen LogP contribution in [0.3, 0.4) is 0 Å². The fraction of sp³-hybridized carbons (Fsp3) is 0.188. The second-order valence-electron chi connectivity index (χ2n) is 4.96. The Morgan fingerprint density at radius 2 is 1.95 bits per heavy atom. The third kappa shape index (κ3) is 3.08. The van der Waals surface area contributed by atoms with Crippen molar-refractivity contribution in [2.24, 2.45) is 0 Å². The van der Waals surface area contributed by atoms with Crippen molar-refractivity contribution in [3.63, 3.8) is 0 Å². The topological polar surface area (TPSA) is 54.9 Å². The van der Waals surface area contributed by atoms with Gasteiger partial charge < -0.3 is 5.32 Å². The summed E-state index contributed by atoms with van der Waals surface area (Å²) in [5.41, 5.74) is 3.76. The van der Waals surface area contributed by atoms with Crippen molar-refractivity contribution < 1.29 is 4.79 Å². The molecule has 3 rings (SSSR count). The van der Waals surface area contributed by atoms with Crippen molar-refractivity contribution in [1.82, 2.24) is 9.97 Å². The molecule has 0 aliphatic rings. The van der Waals surface area contributed by atoms with E-state index >= 15 is 0 Å². The van der Waals surface area contributed by atoms with E-state index in [1.165, 1.54) is 11.3 Å². The van der Waals surface area contributed by atoms with E-state index in [0.29, 0.717) is 17.2 Å². The van der Waals surface area contributed by atoms with Gasteiger partial charge in [0.1, 0.15) is 0 Å². The molecule has 0 bridgehead atoms. The van der Waals surface area contributed by atoms with E-state index < -0.39 is 0 Å². The molecule has 5 heteroatoms. The Kier molecular flexibility index (Phi) is 3.66. The van der Waals surface area contributed by atoms with Crippen LogP contribution in [-0.4, -0.2) is 15.9 Å². The molecule has 0 saturated heterocycles. The molecule has 106 valence electrons. The predicted octanol–water partition coefficient (Wildman–Crippen LogP) is 3.49. The van der Waals surface area contributed by atoms with Gasteiger partial charge in [-0.05, 0) is 31.0 Å². The molecule has 0 radical (unpaired) electrons. The van der Waals surface area contributed by atoms with Crippen molar-refractivity contribution in [3.05, 3.63) is 53.2 Å². The number of carbonyl (C=O) groups excluding carboxylic acids is 1. The molecule has 0 aliphatic heterocycles. The molecular formula is C16H15N3OS. The number of thiazole rings is 1. The lowest BCUT2D eigenvalue weighted by molar-refractivity contribution is -0.115. The van der Waals surface area contributed by atoms with Gasteiger partial charge in [0.15, 0.2) is 10.8 Å². The molecule has 21 heavy (non-hydrogen) atoms. The Bertz CT molecular complexity index is 796. The molecule has 0 aliphatic carbocycles. The normalized spacial score (nSPS) is 10.8. The first kappa shape index (κ1) is 13.7. The molecular weight excluding hydrogens is 282 g/mol. The molecule has 1 N–H and O–H groups in total. The minimum Gasteiger partial charge on any atom is -0.302 e. The van der Waals surface area contributed by atoms with Crippen LogP contribution >= 0.6 is 11.3 Å². The van der Waals surface area contributed by atoms with Gasteiger partial charge in [0, 0.05) is 5.69 Å². The summed E-state index contributed by atoms with van der Waals surface area (Å²) in [5.74, 6) is -0.0605. The number of hydrogen-bond acceptors (Lipinski definition) is 4. The summed E-state index contributed by atoms with van der Waals surface area (Å²) in [4.78, 5) is 20.8. The van der Waals surface area contributed by atoms with Crippen LogP contribution in [0.25, 0.3) is 10.3 Å². The van der Waals surface area contributed by atoms with Crippen LogP contribution in [0.5, 0.6) is 0 Å². The van der Waals surface area contributed by atoms with Gasteiger partial charge >= 0.3 is 0 Å². The third-order valence-electron chi connectivity index (χ3n) is 3.13. The van der Waals surface area contributed by atoms with Gasteiger partial charge in [0.25, 0.3) is 0 Å². The lowest BCUT2D eigenvalue weighted by Crippen LogP contribution is -2.14. The van der Waals surface area contributed by atoms with Gasteiger partial charge in [-0.15, -0.1) is 0 Å². The summed E-state index contributed by atoms with van der Waals surface area (Å²) in [6, 6.07) is 11.7. The van der Waals surface area contributed by atoms with E-state index in [1.807, 2.05) is 50.2 Å². The summed E-state index contributed by atoms with van der Waals surface area (Å²) < 4.78 is 1.02. The Morgan fingerprint density at radius 3 is 2.71 bits per heavy atom. The highest BCUT2D eigenvalue weighted by atomic mass is 32.1. The molecule has 1 aromatic carbocycles. The summed E-state index contributed by atoms with van der Waals surface area (Å²) >= 11 is 1.47. The Hall–Kier alpha value is -2.27. The third-order valence-corrected chi connectivity index (χ3v) is 4.22. The molecule has 2 heterocycles. The maximum atomic E-state index is 12.0. The van der Waals surface area contributed by atoms with Crippen LogP contribution in [-0.2, 0) is 11.2 Å². The molecule has 0 unspecified atom stereocenters. The van der Waals surface area contributed by atoms with Crippen molar-refractivity contribution in [2.45, 2.75) is 20.3 Å². The predicted molar refractivity (Wildman–Crippen MR) is 85.7 cm³/mol. The number of carbonyl (C=O) groups is 1. The number of benzene rings is 1. The molecule has 1 amide bonds. The number of fused-ring (bicyclic) bond motifs is 1. The fourth-order valence-electron chi connectivity index (χ4n) is 2.22. The van der Waals surface area contributed by atoms with Crippen LogP contribution in [0.4, 0.5) is 5.13 Å². The zero-order valence-corrected chi connectivity index (χ0v) is 12.7. The number of rotatable bonds is 3. The first-order chi connectivity index (χ1) is 10.1. The summed E-state index contributed by atoms with van der Waals surface area (Å²) in [7, 11) is 0. The van der Waals surface area contributed by atoms with Crippen molar-refractivity contribution >= 4 is 32.7 Å². The van der Waals surface area contributed by atoms with Crippen molar-refractivity contribution in [3.8, 4) is 0 Å². The standard InChI is InChI=1S/C16H15N3OS/c1-10-8-11(2)17-15-14(10)21-16(19-15)18-13(20)9-12-6-4-3-5-7-12/h3-8H,9H2,1-2H3,(H,17,18,19,20). The SMILES string of the molecule is Cc1cc(C)c2sc(NC(=O)Cc3ccccc3)nc2n1. The fourth-order valence-corrected chi connectivity index (χ4v) is 3.11. The largest absolute Gasteiger partial charge is 0.302 e. The van der Waals surface area contributed by atoms with E-state index in [2.05, 4.69) is 15.3 Å². The van der Waals surface area contributed by atoms with Crippen LogP contribution in [0.1, 0.15) is 16.8 Å². The number of hydrogen-bond donors (Lipinski definition) is 1. The van der Waals surface area contributed by atoms with Crippen LogP contribution in [0.15, 0.2) is 36.4 Å². The average molecular weight is 297 g/mol. The van der Waals surface area contributed by atoms with Crippen molar-refractivity contribution in [2.75, 3.05) is 5.32 Å². The molecule has 4 nitrogen and oxygen atoms in total. The van der Waals surface area contributed by atoms with Gasteiger partial charge in [-0.1, -0.05) is 41.7 Å². The number of pyridine rings is 1. The van der Waals surface area contributed by atoms with E-state index in [1.54, 1.807) is 0 Å². The quantitative estimate of drug-likeness (QED) is 0.805. The Labute approximate surface area is 126 Å². The van der Waals surface area contributed by atoms with Gasteiger partial charge in [0.2, 0.25) is 5.91 Å². The van der Waals surface area contributed by atoms with Gasteiger partial charge in [0.05, 0.1) is 11.1 Å². The minimum atomic E-state index is -0.0605. The highest BCUT2D eigenvalue weighted by molar-refractivity contribution is 7.22. The summed E-state index contributed by atoms with van der Waals surface area (Å²) in [6.07, 6.45) is 0.349. The van der Waals surface area contributed by atoms with Crippen LogP contribution in [0, 0.1) is 13.8 Å². The van der Waals surface area contributed by atoms with E-state index in [4.69, 9.17) is 0 Å². The zero-order valence-electron chi connectivity index (χ0n) is 11.9. The summed E-state index contributed by atoms with van der Waals surface area (Å²) in [5, 5.41) is 3.46. The molecule has 0 fully saturated rings. The second-order valence-corrected chi connectivity index (χ2v) is 5.96. The molecule has 0 saturated carbocycles. The minimum absolute atomic E-state index is 0.0605. The lowest BCUT2D eigenvalue weighted by Gasteiger charge is -2.01. The number of aryl methyl sites for hydroxylation is 2. The molecule has 0 atom stereocenters. The van der Waals surface area contributed by atoms with Crippen molar-refractivity contribution in [1.29, 1.82) is 0 Å². The monoisotopic (exact) mass is 297 g/mol. The average Bonchev–Trinajstić information content (AvgIpc) is 2.82. The number of anilines is 1. The van der Waals surface area contributed by atoms with Gasteiger partial charge in [-0.3, -0.25) is 4.79 Å². The maximum Gasteiger partial charge on any atom is 0.230 e. The summed E-state index contributed by atoms with van der Waals surface area (Å²) in [6.45, 7) is 3.98. The maximum absolute atomic E-state index is 12.0. The van der Waals surface area contributed by atoms with Gasteiger partial charge in [-0.2, -0.15) is 4.98 Å². The molecule has 3 aromatic rings. The number of nitrogens with one attached hydrogen (secondary N) is 1. The van der Waals surface area contributed by atoms with Crippen LogP contribution < -0.4 is 5.32 Å². The first-order valence-corrected chi connectivity index (χ1v) is 7.52. The highest BCUT2D eigenvalue weighted by Gasteiger charge is 2.11. The number of amides is 1. The second kappa shape index (κ2) is 5.61. The Morgan fingerprint density at radius 1 is 1.19 bits per heavy atom. The highest BCUT2D eigenvalue weighted by Crippen LogP contribution is 2.28. The van der Waals surface area contributed by atoms with Gasteiger partial charge in [-0.25, -0.2) is 4.98 Å². The first-order valence-electron chi connectivity index (χ1n) is 6.70. The van der Waals surface area contributed by atoms with E-state index in [0.717, 1.165) is 21.5 Å². The molecule has 0 spiro atoms. The zero-order chi connectivity index (χ0) is 14.8. The van der Waals surface area contributed by atoms with E-state index in [9.17, 15) is 4.79 Å². The Balaban J connectivity index is 1.79. The van der Waals surface area contributed by atoms with Crippen LogP contribution in [0.2, 0.25) is 0 Å². The number of nitrogens with zero attached hydrogens (tertiary/aromatic N) is 2. The lowest BCUT2D eigenvalue weighted by atomic mass is 10.1. The molecule has 2 aromatic heterocycles. The smallest absolute Gasteiger partial charge is 0.230 e.